The Hall–Kier alpha value is -2.33. The van der Waals surface area contributed by atoms with Crippen LogP contribution in [0.15, 0.2) is 36.4 Å². The number of aliphatic hydroxyl groups excluding tert-OH is 1. The molecule has 0 radical (unpaired) electrons. The maximum Gasteiger partial charge on any atom is 0.337 e. The second kappa shape index (κ2) is 6.62. The van der Waals surface area contributed by atoms with E-state index in [1.807, 2.05) is 26.0 Å². The van der Waals surface area contributed by atoms with Gasteiger partial charge in [0, 0.05) is 0 Å². The van der Waals surface area contributed by atoms with Crippen molar-refractivity contribution >= 4 is 5.97 Å². The molecular weight excluding hydrogens is 280 g/mol. The van der Waals surface area contributed by atoms with Crippen LogP contribution in [0.5, 0.6) is 5.75 Å². The van der Waals surface area contributed by atoms with E-state index in [1.54, 1.807) is 24.3 Å². The number of hydrogen-bond acceptors (Lipinski definition) is 3. The first-order valence-electron chi connectivity index (χ1n) is 7.09. The number of aryl methyl sites for hydroxylation is 2. The minimum Gasteiger partial charge on any atom is -0.489 e. The summed E-state index contributed by atoms with van der Waals surface area (Å²) < 4.78 is 5.78. The molecule has 0 bridgehead atoms. The van der Waals surface area contributed by atoms with Crippen molar-refractivity contribution in [3.63, 3.8) is 0 Å². The van der Waals surface area contributed by atoms with E-state index in [9.17, 15) is 9.90 Å². The fourth-order valence-corrected chi connectivity index (χ4v) is 2.31. The fraction of sp³-hybridized carbons (Fsp3) is 0.278. The molecule has 4 heteroatoms. The molecule has 0 aliphatic rings. The van der Waals surface area contributed by atoms with Crippen LogP contribution in [0.3, 0.4) is 0 Å². The molecule has 4 nitrogen and oxygen atoms in total. The van der Waals surface area contributed by atoms with Crippen molar-refractivity contribution in [1.29, 1.82) is 0 Å². The van der Waals surface area contributed by atoms with Gasteiger partial charge in [0.05, 0.1) is 0 Å². The van der Waals surface area contributed by atoms with Crippen molar-refractivity contribution in [1.82, 2.24) is 0 Å². The van der Waals surface area contributed by atoms with Gasteiger partial charge in [-0.3, -0.25) is 0 Å². The van der Waals surface area contributed by atoms with E-state index in [4.69, 9.17) is 9.84 Å². The first-order chi connectivity index (χ1) is 10.4. The maximum absolute atomic E-state index is 11.0. The number of benzene rings is 2. The highest BCUT2D eigenvalue weighted by Crippen LogP contribution is 2.24. The summed E-state index contributed by atoms with van der Waals surface area (Å²) in [5, 5.41) is 18.7. The van der Waals surface area contributed by atoms with Gasteiger partial charge in [-0.1, -0.05) is 24.3 Å². The SMILES string of the molecule is Cc1cc(OCc2ccccc2C(O)C(=O)O)cc(C)c1C. The van der Waals surface area contributed by atoms with Gasteiger partial charge in [0.25, 0.3) is 0 Å². The van der Waals surface area contributed by atoms with E-state index in [0.29, 0.717) is 11.1 Å². The number of carbonyl (C=O) groups is 1. The smallest absolute Gasteiger partial charge is 0.337 e. The van der Waals surface area contributed by atoms with Gasteiger partial charge in [-0.15, -0.1) is 0 Å². The van der Waals surface area contributed by atoms with Crippen molar-refractivity contribution in [2.24, 2.45) is 0 Å². The Morgan fingerprint density at radius 3 is 2.32 bits per heavy atom. The molecule has 0 heterocycles. The molecule has 0 saturated heterocycles. The van der Waals surface area contributed by atoms with Gasteiger partial charge < -0.3 is 14.9 Å². The van der Waals surface area contributed by atoms with E-state index in [0.717, 1.165) is 16.9 Å². The average molecular weight is 300 g/mol. The largest absolute Gasteiger partial charge is 0.489 e. The quantitative estimate of drug-likeness (QED) is 0.889. The zero-order valence-corrected chi connectivity index (χ0v) is 13.0. The van der Waals surface area contributed by atoms with Gasteiger partial charge >= 0.3 is 5.97 Å². The summed E-state index contributed by atoms with van der Waals surface area (Å²) in [4.78, 5) is 11.0. The molecule has 2 aromatic carbocycles. The van der Waals surface area contributed by atoms with E-state index in [1.165, 1.54) is 5.56 Å². The molecule has 0 fully saturated rings. The second-order valence-electron chi connectivity index (χ2n) is 5.41. The molecule has 1 unspecified atom stereocenters. The van der Waals surface area contributed by atoms with E-state index < -0.39 is 12.1 Å². The van der Waals surface area contributed by atoms with Crippen LogP contribution >= 0.6 is 0 Å². The topological polar surface area (TPSA) is 66.8 Å². The zero-order chi connectivity index (χ0) is 16.3. The molecular formula is C18H20O4. The molecule has 0 aliphatic carbocycles. The third kappa shape index (κ3) is 3.46. The molecule has 0 spiro atoms. The summed E-state index contributed by atoms with van der Waals surface area (Å²) in [6.07, 6.45) is -1.54. The summed E-state index contributed by atoms with van der Waals surface area (Å²) >= 11 is 0. The number of carboxylic acids is 1. The number of aliphatic carboxylic acids is 1. The highest BCUT2D eigenvalue weighted by molar-refractivity contribution is 5.74. The Bertz CT molecular complexity index is 668. The molecule has 2 N–H and O–H groups in total. The fourth-order valence-electron chi connectivity index (χ4n) is 2.31. The van der Waals surface area contributed by atoms with Crippen LogP contribution in [-0.2, 0) is 11.4 Å². The van der Waals surface area contributed by atoms with Crippen LogP contribution in [0, 0.1) is 20.8 Å². The number of ether oxygens (including phenoxy) is 1. The van der Waals surface area contributed by atoms with Crippen LogP contribution in [0.25, 0.3) is 0 Å². The molecule has 2 aromatic rings. The average Bonchev–Trinajstić information content (AvgIpc) is 2.49. The monoisotopic (exact) mass is 300 g/mol. The molecule has 22 heavy (non-hydrogen) atoms. The molecule has 0 aromatic heterocycles. The minimum atomic E-state index is -1.54. The van der Waals surface area contributed by atoms with Crippen LogP contribution in [-0.4, -0.2) is 16.2 Å². The minimum absolute atomic E-state index is 0.211. The van der Waals surface area contributed by atoms with Crippen LogP contribution in [0.4, 0.5) is 0 Å². The number of hydrogen-bond donors (Lipinski definition) is 2. The molecule has 1 atom stereocenters. The summed E-state index contributed by atoms with van der Waals surface area (Å²) in [5.41, 5.74) is 4.54. The van der Waals surface area contributed by atoms with Crippen LogP contribution in [0.2, 0.25) is 0 Å². The van der Waals surface area contributed by atoms with Gasteiger partial charge in [-0.05, 0) is 60.7 Å². The lowest BCUT2D eigenvalue weighted by Gasteiger charge is -2.14. The molecule has 0 amide bonds. The number of carboxylic acid groups (broad SMARTS) is 1. The highest BCUT2D eigenvalue weighted by Gasteiger charge is 2.19. The summed E-state index contributed by atoms with van der Waals surface area (Å²) in [6.45, 7) is 6.32. The third-order valence-electron chi connectivity index (χ3n) is 3.88. The summed E-state index contributed by atoms with van der Waals surface area (Å²) in [5.74, 6) is -0.533. The van der Waals surface area contributed by atoms with Gasteiger partial charge in [-0.25, -0.2) is 4.79 Å². The van der Waals surface area contributed by atoms with Crippen LogP contribution in [0.1, 0.15) is 33.9 Å². The Kier molecular flexibility index (Phi) is 4.83. The van der Waals surface area contributed by atoms with E-state index in [-0.39, 0.29) is 6.61 Å². The Morgan fingerprint density at radius 2 is 1.73 bits per heavy atom. The molecule has 0 aliphatic heterocycles. The molecule has 2 rings (SSSR count). The van der Waals surface area contributed by atoms with Crippen LogP contribution < -0.4 is 4.74 Å². The van der Waals surface area contributed by atoms with Gasteiger partial charge in [0.1, 0.15) is 12.4 Å². The van der Waals surface area contributed by atoms with Crippen molar-refractivity contribution in [2.45, 2.75) is 33.5 Å². The first-order valence-corrected chi connectivity index (χ1v) is 7.09. The number of aliphatic hydroxyl groups is 1. The Balaban J connectivity index is 2.20. The third-order valence-corrected chi connectivity index (χ3v) is 3.88. The molecule has 116 valence electrons. The predicted octanol–water partition coefficient (Wildman–Crippen LogP) is 3.31. The maximum atomic E-state index is 11.0. The Morgan fingerprint density at radius 1 is 1.14 bits per heavy atom. The van der Waals surface area contributed by atoms with Gasteiger partial charge in [0.15, 0.2) is 6.10 Å². The number of rotatable bonds is 5. The summed E-state index contributed by atoms with van der Waals surface area (Å²) in [7, 11) is 0. The van der Waals surface area contributed by atoms with Crippen molar-refractivity contribution < 1.29 is 19.7 Å². The standard InChI is InChI=1S/C18H20O4/c1-11-8-15(9-12(2)13(11)3)22-10-14-6-4-5-7-16(14)17(19)18(20)21/h4-9,17,19H,10H2,1-3H3,(H,20,21). The van der Waals surface area contributed by atoms with Crippen molar-refractivity contribution in [3.05, 3.63) is 64.2 Å². The lowest BCUT2D eigenvalue weighted by atomic mass is 10.0. The molecule has 0 saturated carbocycles. The normalized spacial score (nSPS) is 12.0. The lowest BCUT2D eigenvalue weighted by molar-refractivity contribution is -0.147. The first kappa shape index (κ1) is 16.0. The second-order valence-corrected chi connectivity index (χ2v) is 5.41. The van der Waals surface area contributed by atoms with E-state index >= 15 is 0 Å². The zero-order valence-electron chi connectivity index (χ0n) is 13.0. The van der Waals surface area contributed by atoms with Gasteiger partial charge in [-0.2, -0.15) is 0 Å². The van der Waals surface area contributed by atoms with Gasteiger partial charge in [0.2, 0.25) is 0 Å². The predicted molar refractivity (Wildman–Crippen MR) is 84.0 cm³/mol. The Labute approximate surface area is 130 Å². The van der Waals surface area contributed by atoms with Crippen molar-refractivity contribution in [2.75, 3.05) is 0 Å². The lowest BCUT2D eigenvalue weighted by Crippen LogP contribution is -2.13. The summed E-state index contributed by atoms with van der Waals surface area (Å²) in [6, 6.07) is 10.8. The van der Waals surface area contributed by atoms with Crippen molar-refractivity contribution in [3.8, 4) is 5.75 Å². The highest BCUT2D eigenvalue weighted by atomic mass is 16.5. The van der Waals surface area contributed by atoms with E-state index in [2.05, 4.69) is 6.92 Å².